The van der Waals surface area contributed by atoms with Gasteiger partial charge in [0.15, 0.2) is 0 Å². The number of aromatic hydroxyl groups is 1. The van der Waals surface area contributed by atoms with Gasteiger partial charge in [-0.15, -0.1) is 0 Å². The molecule has 1 aliphatic heterocycles. The quantitative estimate of drug-likeness (QED) is 0.670. The zero-order valence-corrected chi connectivity index (χ0v) is 17.2. The van der Waals surface area contributed by atoms with Gasteiger partial charge in [-0.3, -0.25) is 0 Å². The van der Waals surface area contributed by atoms with Crippen LogP contribution in [0.5, 0.6) is 5.75 Å². The van der Waals surface area contributed by atoms with Crippen LogP contribution in [0.15, 0.2) is 59.7 Å². The third-order valence-corrected chi connectivity index (χ3v) is 5.77. The molecule has 158 valence electrons. The summed E-state index contributed by atoms with van der Waals surface area (Å²) in [6.07, 6.45) is 0.834. The maximum absolute atomic E-state index is 12.6. The van der Waals surface area contributed by atoms with E-state index >= 15 is 0 Å². The lowest BCUT2D eigenvalue weighted by Crippen LogP contribution is -2.46. The first-order chi connectivity index (χ1) is 14.4. The Labute approximate surface area is 175 Å². The zero-order valence-electron chi connectivity index (χ0n) is 17.2. The van der Waals surface area contributed by atoms with Crippen molar-refractivity contribution in [3.63, 3.8) is 0 Å². The molecule has 0 spiro atoms. The van der Waals surface area contributed by atoms with Gasteiger partial charge in [0.05, 0.1) is 17.8 Å². The Kier molecular flexibility index (Phi) is 5.50. The number of piperazine rings is 1. The largest absolute Gasteiger partial charge is 0.508 e. The Balaban J connectivity index is 1.44. The van der Waals surface area contributed by atoms with Gasteiger partial charge in [0, 0.05) is 37.6 Å². The van der Waals surface area contributed by atoms with Crippen molar-refractivity contribution in [2.24, 2.45) is 0 Å². The normalized spacial score (nSPS) is 16.5. The summed E-state index contributed by atoms with van der Waals surface area (Å²) in [5.74, 6) is 0.280. The van der Waals surface area contributed by atoms with Crippen LogP contribution in [0.25, 0.3) is 5.69 Å². The first kappa shape index (κ1) is 20.0. The Hall–Kier alpha value is -3.26. The molecule has 4 rings (SSSR count). The summed E-state index contributed by atoms with van der Waals surface area (Å²) in [5, 5.41) is 23.3. The topological polar surface area (TPSA) is 86.8 Å². The van der Waals surface area contributed by atoms with Gasteiger partial charge in [-0.25, -0.2) is 14.0 Å². The average molecular weight is 409 g/mol. The molecular weight excluding hydrogens is 382 g/mol. The zero-order chi connectivity index (χ0) is 21.3. The highest BCUT2D eigenvalue weighted by atomic mass is 16.3. The van der Waals surface area contributed by atoms with E-state index in [1.165, 1.54) is 15.6 Å². The smallest absolute Gasteiger partial charge is 0.350 e. The number of benzene rings is 2. The molecule has 2 atom stereocenters. The molecule has 2 heterocycles. The highest BCUT2D eigenvalue weighted by Crippen LogP contribution is 2.23. The van der Waals surface area contributed by atoms with Gasteiger partial charge in [0.25, 0.3) is 0 Å². The first-order valence-corrected chi connectivity index (χ1v) is 10.2. The molecule has 2 aromatic carbocycles. The molecule has 0 radical (unpaired) electrons. The number of anilines is 2. The van der Waals surface area contributed by atoms with Gasteiger partial charge in [0.1, 0.15) is 12.1 Å². The van der Waals surface area contributed by atoms with Gasteiger partial charge in [-0.05, 0) is 62.4 Å². The minimum absolute atomic E-state index is 0.265. The van der Waals surface area contributed by atoms with Crippen LogP contribution in [-0.4, -0.2) is 56.8 Å². The molecule has 0 bridgehead atoms. The molecule has 0 saturated carbocycles. The van der Waals surface area contributed by atoms with Crippen molar-refractivity contribution in [2.75, 3.05) is 36.0 Å². The second kappa shape index (κ2) is 8.23. The highest BCUT2D eigenvalue weighted by molar-refractivity contribution is 5.54. The Bertz CT molecular complexity index is 1030. The van der Waals surface area contributed by atoms with Crippen molar-refractivity contribution in [3.05, 3.63) is 65.3 Å². The van der Waals surface area contributed by atoms with Crippen molar-refractivity contribution in [1.82, 2.24) is 14.3 Å². The summed E-state index contributed by atoms with van der Waals surface area (Å²) in [7, 11) is 0. The van der Waals surface area contributed by atoms with Gasteiger partial charge in [-0.2, -0.15) is 5.10 Å². The van der Waals surface area contributed by atoms with Crippen molar-refractivity contribution in [1.29, 1.82) is 0 Å². The van der Waals surface area contributed by atoms with Crippen molar-refractivity contribution >= 4 is 11.4 Å². The van der Waals surface area contributed by atoms with E-state index in [0.29, 0.717) is 0 Å². The van der Waals surface area contributed by atoms with Crippen molar-refractivity contribution in [2.45, 2.75) is 26.0 Å². The standard InChI is InChI=1S/C22H27N5O3/c1-16(17(2)28)27-22(30)26(15-23-27)20-5-3-18(4-6-20)24-11-13-25(14-12-24)19-7-9-21(29)10-8-19/h3-10,15-17,28-29H,11-14H2,1-2H3. The van der Waals surface area contributed by atoms with Crippen LogP contribution in [-0.2, 0) is 0 Å². The third kappa shape index (κ3) is 3.91. The van der Waals surface area contributed by atoms with Crippen molar-refractivity contribution < 1.29 is 10.2 Å². The molecule has 0 amide bonds. The van der Waals surface area contributed by atoms with Gasteiger partial charge in [0.2, 0.25) is 0 Å². The fourth-order valence-corrected chi connectivity index (χ4v) is 3.69. The second-order valence-electron chi connectivity index (χ2n) is 7.72. The van der Waals surface area contributed by atoms with E-state index in [1.54, 1.807) is 26.0 Å². The number of hydrogen-bond acceptors (Lipinski definition) is 6. The van der Waals surface area contributed by atoms with E-state index in [1.807, 2.05) is 36.4 Å². The molecule has 3 aromatic rings. The van der Waals surface area contributed by atoms with Crippen LogP contribution in [0.3, 0.4) is 0 Å². The maximum Gasteiger partial charge on any atom is 0.350 e. The monoisotopic (exact) mass is 409 g/mol. The molecule has 30 heavy (non-hydrogen) atoms. The first-order valence-electron chi connectivity index (χ1n) is 10.2. The molecule has 1 aromatic heterocycles. The van der Waals surface area contributed by atoms with E-state index in [0.717, 1.165) is 43.2 Å². The van der Waals surface area contributed by atoms with Gasteiger partial charge in [-0.1, -0.05) is 0 Å². The maximum atomic E-state index is 12.6. The number of rotatable bonds is 5. The van der Waals surface area contributed by atoms with E-state index in [2.05, 4.69) is 14.9 Å². The molecule has 1 aliphatic rings. The fourth-order valence-electron chi connectivity index (χ4n) is 3.69. The molecule has 2 N–H and O–H groups in total. The minimum atomic E-state index is -0.659. The predicted molar refractivity (Wildman–Crippen MR) is 117 cm³/mol. The van der Waals surface area contributed by atoms with Crippen LogP contribution in [0.4, 0.5) is 11.4 Å². The summed E-state index contributed by atoms with van der Waals surface area (Å²) in [6.45, 7) is 7.00. The fraction of sp³-hybridized carbons (Fsp3) is 0.364. The Morgan fingerprint density at radius 1 is 0.833 bits per heavy atom. The van der Waals surface area contributed by atoms with Crippen LogP contribution < -0.4 is 15.5 Å². The molecule has 0 aliphatic carbocycles. The lowest BCUT2D eigenvalue weighted by molar-refractivity contribution is 0.130. The SMILES string of the molecule is CC(O)C(C)n1ncn(-c2ccc(N3CCN(c4ccc(O)cc4)CC3)cc2)c1=O. The number of aliphatic hydroxyl groups excluding tert-OH is 1. The number of nitrogens with zero attached hydrogens (tertiary/aromatic N) is 5. The Morgan fingerprint density at radius 2 is 1.30 bits per heavy atom. The van der Waals surface area contributed by atoms with E-state index < -0.39 is 6.10 Å². The number of aromatic nitrogens is 3. The van der Waals surface area contributed by atoms with Crippen molar-refractivity contribution in [3.8, 4) is 11.4 Å². The lowest BCUT2D eigenvalue weighted by Gasteiger charge is -2.37. The average Bonchev–Trinajstić information content (AvgIpc) is 3.15. The molecule has 1 saturated heterocycles. The van der Waals surface area contributed by atoms with Crippen LogP contribution in [0, 0.1) is 0 Å². The Morgan fingerprint density at radius 3 is 1.80 bits per heavy atom. The summed E-state index contributed by atoms with van der Waals surface area (Å²) in [4.78, 5) is 17.2. The van der Waals surface area contributed by atoms with E-state index in [4.69, 9.17) is 0 Å². The van der Waals surface area contributed by atoms with Gasteiger partial charge < -0.3 is 20.0 Å². The highest BCUT2D eigenvalue weighted by Gasteiger charge is 2.19. The summed E-state index contributed by atoms with van der Waals surface area (Å²) in [6, 6.07) is 14.8. The molecule has 8 heteroatoms. The lowest BCUT2D eigenvalue weighted by atomic mass is 10.2. The van der Waals surface area contributed by atoms with E-state index in [-0.39, 0.29) is 17.5 Å². The van der Waals surface area contributed by atoms with Gasteiger partial charge >= 0.3 is 5.69 Å². The summed E-state index contributed by atoms with van der Waals surface area (Å²) in [5.41, 5.74) is 2.71. The number of aliphatic hydroxyl groups is 1. The van der Waals surface area contributed by atoms with Crippen LogP contribution in [0.1, 0.15) is 19.9 Å². The third-order valence-electron chi connectivity index (χ3n) is 5.77. The minimum Gasteiger partial charge on any atom is -0.508 e. The van der Waals surface area contributed by atoms with Crippen LogP contribution >= 0.6 is 0 Å². The molecular formula is C22H27N5O3. The predicted octanol–water partition coefficient (Wildman–Crippen LogP) is 2.01. The van der Waals surface area contributed by atoms with E-state index in [9.17, 15) is 15.0 Å². The van der Waals surface area contributed by atoms with Crippen LogP contribution in [0.2, 0.25) is 0 Å². The summed E-state index contributed by atoms with van der Waals surface area (Å²) < 4.78 is 2.80. The molecule has 8 nitrogen and oxygen atoms in total. The summed E-state index contributed by atoms with van der Waals surface area (Å²) >= 11 is 0. The number of hydrogen-bond donors (Lipinski definition) is 2. The number of phenolic OH excluding ortho intramolecular Hbond substituents is 1. The second-order valence-corrected chi connectivity index (χ2v) is 7.72. The number of phenols is 1. The molecule has 2 unspecified atom stereocenters. The molecule has 1 fully saturated rings.